The lowest BCUT2D eigenvalue weighted by atomic mass is 10.1. The van der Waals surface area contributed by atoms with Crippen molar-refractivity contribution in [3.05, 3.63) is 63.3 Å². The lowest BCUT2D eigenvalue weighted by molar-refractivity contribution is 1.10. The largest absolute Gasteiger partial charge is 0.306 e. The molecule has 0 unspecified atom stereocenters. The van der Waals surface area contributed by atoms with Crippen LogP contribution in [0.4, 0.5) is 0 Å². The van der Waals surface area contributed by atoms with Crippen molar-refractivity contribution in [2.45, 2.75) is 13.8 Å². The fourth-order valence-corrected chi connectivity index (χ4v) is 2.90. The number of nitrogens with one attached hydrogen (secondary N) is 1. The number of aryl methyl sites for hydroxylation is 1. The van der Waals surface area contributed by atoms with Crippen molar-refractivity contribution in [3.8, 4) is 22.0 Å². The molecule has 100 valence electrons. The predicted molar refractivity (Wildman–Crippen MR) is 83.1 cm³/mol. The van der Waals surface area contributed by atoms with E-state index in [1.807, 2.05) is 49.4 Å². The maximum Gasteiger partial charge on any atom is 0.254 e. The van der Waals surface area contributed by atoms with Crippen molar-refractivity contribution in [2.75, 3.05) is 0 Å². The number of benzene rings is 1. The zero-order valence-corrected chi connectivity index (χ0v) is 12.1. The highest BCUT2D eigenvalue weighted by Crippen LogP contribution is 2.26. The Kier molecular flexibility index (Phi) is 3.24. The van der Waals surface area contributed by atoms with E-state index in [9.17, 15) is 4.79 Å². The lowest BCUT2D eigenvalue weighted by Crippen LogP contribution is -2.13. The summed E-state index contributed by atoms with van der Waals surface area (Å²) in [6.45, 7) is 3.84. The van der Waals surface area contributed by atoms with Gasteiger partial charge in [-0.05, 0) is 26.0 Å². The van der Waals surface area contributed by atoms with Crippen LogP contribution in [0, 0.1) is 13.8 Å². The van der Waals surface area contributed by atoms with Gasteiger partial charge in [0.15, 0.2) is 5.82 Å². The molecule has 0 bridgehead atoms. The molecule has 3 nitrogen and oxygen atoms in total. The molecule has 0 aliphatic heterocycles. The summed E-state index contributed by atoms with van der Waals surface area (Å²) < 4.78 is 0. The second kappa shape index (κ2) is 5.06. The zero-order valence-electron chi connectivity index (χ0n) is 11.3. The molecule has 0 aliphatic rings. The van der Waals surface area contributed by atoms with Gasteiger partial charge in [-0.25, -0.2) is 4.98 Å². The van der Waals surface area contributed by atoms with Gasteiger partial charge in [0.05, 0.1) is 10.6 Å². The summed E-state index contributed by atoms with van der Waals surface area (Å²) in [5, 5.41) is 0. The monoisotopic (exact) mass is 282 g/mol. The van der Waals surface area contributed by atoms with Gasteiger partial charge in [0.25, 0.3) is 5.56 Å². The van der Waals surface area contributed by atoms with Crippen LogP contribution in [0.1, 0.15) is 10.4 Å². The van der Waals surface area contributed by atoms with Gasteiger partial charge in [0, 0.05) is 16.0 Å². The first-order valence-corrected chi connectivity index (χ1v) is 7.20. The molecule has 0 spiro atoms. The van der Waals surface area contributed by atoms with E-state index in [1.54, 1.807) is 18.3 Å². The number of H-pyrrole nitrogens is 1. The van der Waals surface area contributed by atoms with Crippen LogP contribution < -0.4 is 5.56 Å². The quantitative estimate of drug-likeness (QED) is 0.777. The molecular formula is C16H14N2OS. The van der Waals surface area contributed by atoms with E-state index in [1.165, 1.54) is 4.88 Å². The van der Waals surface area contributed by atoms with Gasteiger partial charge in [0.1, 0.15) is 0 Å². The topological polar surface area (TPSA) is 45.8 Å². The Morgan fingerprint density at radius 2 is 1.80 bits per heavy atom. The molecule has 0 saturated carbocycles. The molecule has 2 heterocycles. The summed E-state index contributed by atoms with van der Waals surface area (Å²) in [6, 6.07) is 13.8. The second-order valence-corrected chi connectivity index (χ2v) is 5.95. The predicted octanol–water partition coefficient (Wildman–Crippen LogP) is 3.78. The minimum atomic E-state index is -0.0834. The van der Waals surface area contributed by atoms with Crippen molar-refractivity contribution >= 4 is 11.3 Å². The van der Waals surface area contributed by atoms with Crippen LogP contribution in [0.2, 0.25) is 0 Å². The molecule has 0 saturated heterocycles. The first-order chi connectivity index (χ1) is 9.65. The summed E-state index contributed by atoms with van der Waals surface area (Å²) in [7, 11) is 0. The van der Waals surface area contributed by atoms with E-state index < -0.39 is 0 Å². The van der Waals surface area contributed by atoms with Crippen LogP contribution >= 0.6 is 11.3 Å². The van der Waals surface area contributed by atoms with E-state index in [-0.39, 0.29) is 5.56 Å². The van der Waals surface area contributed by atoms with Gasteiger partial charge >= 0.3 is 0 Å². The summed E-state index contributed by atoms with van der Waals surface area (Å²) >= 11 is 1.63. The van der Waals surface area contributed by atoms with Crippen LogP contribution in [0.5, 0.6) is 0 Å². The van der Waals surface area contributed by atoms with Gasteiger partial charge in [-0.2, -0.15) is 0 Å². The van der Waals surface area contributed by atoms with Crippen LogP contribution in [-0.2, 0) is 0 Å². The third kappa shape index (κ3) is 2.30. The number of thiophene rings is 1. The van der Waals surface area contributed by atoms with E-state index >= 15 is 0 Å². The number of nitrogens with zero attached hydrogens (tertiary/aromatic N) is 1. The molecule has 20 heavy (non-hydrogen) atoms. The van der Waals surface area contributed by atoms with Crippen LogP contribution in [0.3, 0.4) is 0 Å². The highest BCUT2D eigenvalue weighted by molar-refractivity contribution is 7.15. The molecule has 0 atom stereocenters. The third-order valence-electron chi connectivity index (χ3n) is 3.17. The molecule has 3 rings (SSSR count). The summed E-state index contributed by atoms with van der Waals surface area (Å²) in [5.74, 6) is 0.637. The SMILES string of the molecule is Cc1ccc(-c2nc(-c3ccccc3)c(C)c(=O)[nH]2)s1. The summed E-state index contributed by atoms with van der Waals surface area (Å²) in [6.07, 6.45) is 0. The average molecular weight is 282 g/mol. The molecule has 0 fully saturated rings. The molecule has 3 aromatic rings. The average Bonchev–Trinajstić information content (AvgIpc) is 2.89. The van der Waals surface area contributed by atoms with Gasteiger partial charge < -0.3 is 4.98 Å². The maximum atomic E-state index is 12.1. The molecule has 0 amide bonds. The first-order valence-electron chi connectivity index (χ1n) is 6.38. The van der Waals surface area contributed by atoms with Crippen molar-refractivity contribution in [1.82, 2.24) is 9.97 Å². The molecule has 0 radical (unpaired) electrons. The highest BCUT2D eigenvalue weighted by Gasteiger charge is 2.11. The smallest absolute Gasteiger partial charge is 0.254 e. The minimum absolute atomic E-state index is 0.0834. The molecule has 0 aliphatic carbocycles. The fourth-order valence-electron chi connectivity index (χ4n) is 2.09. The summed E-state index contributed by atoms with van der Waals surface area (Å²) in [5.41, 5.74) is 2.27. The fraction of sp³-hybridized carbons (Fsp3) is 0.125. The van der Waals surface area contributed by atoms with Crippen molar-refractivity contribution in [3.63, 3.8) is 0 Å². The Morgan fingerprint density at radius 1 is 1.05 bits per heavy atom. The number of hydrogen-bond acceptors (Lipinski definition) is 3. The first kappa shape index (κ1) is 12.8. The van der Waals surface area contributed by atoms with Gasteiger partial charge in [-0.15, -0.1) is 11.3 Å². The van der Waals surface area contributed by atoms with Crippen molar-refractivity contribution < 1.29 is 0 Å². The Morgan fingerprint density at radius 3 is 2.45 bits per heavy atom. The van der Waals surface area contributed by atoms with E-state index in [0.717, 1.165) is 16.1 Å². The van der Waals surface area contributed by atoms with E-state index in [4.69, 9.17) is 0 Å². The van der Waals surface area contributed by atoms with Gasteiger partial charge in [-0.3, -0.25) is 4.79 Å². The number of hydrogen-bond donors (Lipinski definition) is 1. The molecular weight excluding hydrogens is 268 g/mol. The maximum absolute atomic E-state index is 12.1. The Bertz CT molecular complexity index is 803. The van der Waals surface area contributed by atoms with Crippen molar-refractivity contribution in [1.29, 1.82) is 0 Å². The Labute approximate surface area is 121 Å². The van der Waals surface area contributed by atoms with Crippen LogP contribution in [0.15, 0.2) is 47.3 Å². The van der Waals surface area contributed by atoms with E-state index in [0.29, 0.717) is 11.4 Å². The Balaban J connectivity index is 2.21. The highest BCUT2D eigenvalue weighted by atomic mass is 32.1. The molecule has 1 aromatic carbocycles. The Hall–Kier alpha value is -2.20. The molecule has 1 N–H and O–H groups in total. The normalized spacial score (nSPS) is 10.7. The lowest BCUT2D eigenvalue weighted by Gasteiger charge is -2.06. The number of aromatic nitrogens is 2. The van der Waals surface area contributed by atoms with Gasteiger partial charge in [-0.1, -0.05) is 30.3 Å². The van der Waals surface area contributed by atoms with Crippen molar-refractivity contribution in [2.24, 2.45) is 0 Å². The number of rotatable bonds is 2. The standard InChI is InChI=1S/C16H14N2OS/c1-10-8-9-13(20-10)15-17-14(11(2)16(19)18-15)12-6-4-3-5-7-12/h3-9H,1-2H3,(H,17,18,19). The second-order valence-electron chi connectivity index (χ2n) is 4.66. The summed E-state index contributed by atoms with van der Waals surface area (Å²) in [4.78, 5) is 21.8. The minimum Gasteiger partial charge on any atom is -0.306 e. The molecule has 2 aromatic heterocycles. The zero-order chi connectivity index (χ0) is 14.1. The van der Waals surface area contributed by atoms with Crippen LogP contribution in [-0.4, -0.2) is 9.97 Å². The third-order valence-corrected chi connectivity index (χ3v) is 4.18. The number of aromatic amines is 1. The van der Waals surface area contributed by atoms with Crippen LogP contribution in [0.25, 0.3) is 22.0 Å². The van der Waals surface area contributed by atoms with Gasteiger partial charge in [0.2, 0.25) is 0 Å². The van der Waals surface area contributed by atoms with E-state index in [2.05, 4.69) is 9.97 Å². The molecule has 4 heteroatoms.